The van der Waals surface area contributed by atoms with Crippen molar-refractivity contribution in [1.82, 2.24) is 15.2 Å². The average molecular weight is 305 g/mol. The third-order valence-electron chi connectivity index (χ3n) is 3.95. The number of hydrogen-bond donors (Lipinski definition) is 1. The fraction of sp³-hybridized carbons (Fsp3) is 0.625. The lowest BCUT2D eigenvalue weighted by atomic mass is 9.81. The zero-order chi connectivity index (χ0) is 15.8. The number of amides is 1. The maximum Gasteiger partial charge on any atom is 0.410 e. The van der Waals surface area contributed by atoms with E-state index in [1.807, 2.05) is 39.1 Å². The number of aromatic nitrogens is 1. The van der Waals surface area contributed by atoms with Gasteiger partial charge in [-0.3, -0.25) is 4.98 Å². The second kappa shape index (κ2) is 5.52. The summed E-state index contributed by atoms with van der Waals surface area (Å²) in [6.07, 6.45) is 3.33. The molecule has 0 bridgehead atoms. The molecule has 2 saturated heterocycles. The van der Waals surface area contributed by atoms with Gasteiger partial charge < -0.3 is 19.7 Å². The molecule has 0 aliphatic carbocycles. The summed E-state index contributed by atoms with van der Waals surface area (Å²) >= 11 is 0. The van der Waals surface area contributed by atoms with E-state index in [0.717, 1.165) is 12.1 Å². The van der Waals surface area contributed by atoms with E-state index in [-0.39, 0.29) is 17.7 Å². The molecule has 6 nitrogen and oxygen atoms in total. The van der Waals surface area contributed by atoms with E-state index in [4.69, 9.17) is 9.47 Å². The Kier molecular flexibility index (Phi) is 3.82. The molecule has 3 rings (SSSR count). The molecule has 1 aromatic rings. The lowest BCUT2D eigenvalue weighted by molar-refractivity contribution is -0.176. The van der Waals surface area contributed by atoms with Crippen molar-refractivity contribution in [2.45, 2.75) is 38.0 Å². The minimum Gasteiger partial charge on any atom is -0.444 e. The van der Waals surface area contributed by atoms with Crippen LogP contribution in [0.4, 0.5) is 4.79 Å². The molecule has 0 radical (unpaired) electrons. The number of likely N-dealkylation sites (tertiary alicyclic amines) is 1. The van der Waals surface area contributed by atoms with E-state index in [1.54, 1.807) is 11.1 Å². The van der Waals surface area contributed by atoms with Gasteiger partial charge in [0.2, 0.25) is 0 Å². The van der Waals surface area contributed by atoms with Crippen molar-refractivity contribution in [3.63, 3.8) is 0 Å². The summed E-state index contributed by atoms with van der Waals surface area (Å²) in [5.41, 5.74) is 0.234. The highest BCUT2D eigenvalue weighted by molar-refractivity contribution is 5.70. The highest BCUT2D eigenvalue weighted by atomic mass is 16.6. The van der Waals surface area contributed by atoms with Crippen LogP contribution in [0.25, 0.3) is 0 Å². The predicted molar refractivity (Wildman–Crippen MR) is 81.5 cm³/mol. The Balaban J connectivity index is 1.70. The topological polar surface area (TPSA) is 63.7 Å². The van der Waals surface area contributed by atoms with Crippen LogP contribution in [-0.2, 0) is 9.47 Å². The first-order chi connectivity index (χ1) is 10.4. The smallest absolute Gasteiger partial charge is 0.410 e. The molecule has 1 amide bonds. The first kappa shape index (κ1) is 15.2. The molecule has 1 spiro atoms. The molecule has 2 aliphatic rings. The highest BCUT2D eigenvalue weighted by Gasteiger charge is 2.54. The van der Waals surface area contributed by atoms with Crippen LogP contribution < -0.4 is 5.32 Å². The summed E-state index contributed by atoms with van der Waals surface area (Å²) in [5, 5.41) is 3.49. The maximum absolute atomic E-state index is 12.1. The van der Waals surface area contributed by atoms with Crippen molar-refractivity contribution in [2.75, 3.05) is 26.2 Å². The molecule has 0 saturated carbocycles. The molecular formula is C16H23N3O3. The Morgan fingerprint density at radius 1 is 1.50 bits per heavy atom. The summed E-state index contributed by atoms with van der Waals surface area (Å²) in [7, 11) is 0. The summed E-state index contributed by atoms with van der Waals surface area (Å²) in [6, 6.07) is 4.01. The van der Waals surface area contributed by atoms with Crippen LogP contribution in [0, 0.1) is 0 Å². The third kappa shape index (κ3) is 2.94. The Morgan fingerprint density at radius 3 is 2.91 bits per heavy atom. The van der Waals surface area contributed by atoms with Gasteiger partial charge >= 0.3 is 6.09 Å². The van der Waals surface area contributed by atoms with Gasteiger partial charge in [-0.05, 0) is 32.4 Å². The van der Waals surface area contributed by atoms with E-state index in [9.17, 15) is 4.79 Å². The first-order valence-corrected chi connectivity index (χ1v) is 7.65. The maximum atomic E-state index is 12.1. The summed E-state index contributed by atoms with van der Waals surface area (Å²) in [4.78, 5) is 18.0. The minimum absolute atomic E-state index is 0.0497. The zero-order valence-corrected chi connectivity index (χ0v) is 13.3. The fourth-order valence-corrected chi connectivity index (χ4v) is 3.02. The lowest BCUT2D eigenvalue weighted by Crippen LogP contribution is -2.71. The molecule has 0 aromatic carbocycles. The number of nitrogens with one attached hydrogen (secondary N) is 1. The van der Waals surface area contributed by atoms with Crippen molar-refractivity contribution < 1.29 is 14.3 Å². The number of carbonyl (C=O) groups excluding carboxylic acids is 1. The standard InChI is InChI=1S/C16H23N3O3/c1-15(2,3)22-14(20)19-10-16(11-19)13(18-7-8-21-16)12-5-4-6-17-9-12/h4-6,9,13,18H,7-8,10-11H2,1-3H3. The Hall–Kier alpha value is -1.66. The number of hydrogen-bond acceptors (Lipinski definition) is 5. The highest BCUT2D eigenvalue weighted by Crippen LogP contribution is 2.39. The number of ether oxygens (including phenoxy) is 2. The van der Waals surface area contributed by atoms with Crippen LogP contribution in [0.1, 0.15) is 32.4 Å². The lowest BCUT2D eigenvalue weighted by Gasteiger charge is -2.55. The monoisotopic (exact) mass is 305 g/mol. The molecule has 2 fully saturated rings. The molecule has 6 heteroatoms. The van der Waals surface area contributed by atoms with Crippen molar-refractivity contribution in [3.05, 3.63) is 30.1 Å². The minimum atomic E-state index is -0.478. The molecule has 1 aromatic heterocycles. The third-order valence-corrected chi connectivity index (χ3v) is 3.95. The van der Waals surface area contributed by atoms with Crippen molar-refractivity contribution in [1.29, 1.82) is 0 Å². The van der Waals surface area contributed by atoms with E-state index in [0.29, 0.717) is 19.7 Å². The quantitative estimate of drug-likeness (QED) is 0.856. The molecule has 120 valence electrons. The molecular weight excluding hydrogens is 282 g/mol. The second-order valence-electron chi connectivity index (χ2n) is 6.92. The van der Waals surface area contributed by atoms with Gasteiger partial charge in [0, 0.05) is 18.9 Å². The number of pyridine rings is 1. The van der Waals surface area contributed by atoms with Gasteiger partial charge in [0.1, 0.15) is 11.2 Å². The average Bonchev–Trinajstić information content (AvgIpc) is 2.43. The number of rotatable bonds is 1. The predicted octanol–water partition coefficient (Wildman–Crippen LogP) is 1.73. The van der Waals surface area contributed by atoms with Gasteiger partial charge in [-0.2, -0.15) is 0 Å². The number of carbonyl (C=O) groups is 1. The summed E-state index contributed by atoms with van der Waals surface area (Å²) < 4.78 is 11.5. The van der Waals surface area contributed by atoms with Gasteiger partial charge in [-0.1, -0.05) is 6.07 Å². The van der Waals surface area contributed by atoms with E-state index in [1.165, 1.54) is 0 Å². The van der Waals surface area contributed by atoms with Crippen molar-refractivity contribution in [3.8, 4) is 0 Å². The van der Waals surface area contributed by atoms with Gasteiger partial charge in [0.05, 0.1) is 25.7 Å². The Bertz CT molecular complexity index is 535. The van der Waals surface area contributed by atoms with E-state index < -0.39 is 5.60 Å². The first-order valence-electron chi connectivity index (χ1n) is 7.65. The van der Waals surface area contributed by atoms with Crippen molar-refractivity contribution >= 4 is 6.09 Å². The van der Waals surface area contributed by atoms with E-state index in [2.05, 4.69) is 10.3 Å². The van der Waals surface area contributed by atoms with Crippen LogP contribution in [0.15, 0.2) is 24.5 Å². The fourth-order valence-electron chi connectivity index (χ4n) is 3.02. The van der Waals surface area contributed by atoms with Crippen LogP contribution in [0.5, 0.6) is 0 Å². The number of morpholine rings is 1. The van der Waals surface area contributed by atoms with E-state index >= 15 is 0 Å². The second-order valence-corrected chi connectivity index (χ2v) is 6.92. The van der Waals surface area contributed by atoms with Gasteiger partial charge in [0.25, 0.3) is 0 Å². The Morgan fingerprint density at radius 2 is 2.27 bits per heavy atom. The van der Waals surface area contributed by atoms with Crippen LogP contribution in [0.3, 0.4) is 0 Å². The molecule has 1 unspecified atom stereocenters. The van der Waals surface area contributed by atoms with Gasteiger partial charge in [0.15, 0.2) is 0 Å². The molecule has 3 heterocycles. The molecule has 22 heavy (non-hydrogen) atoms. The molecule has 1 N–H and O–H groups in total. The molecule has 2 aliphatic heterocycles. The van der Waals surface area contributed by atoms with Gasteiger partial charge in [-0.15, -0.1) is 0 Å². The van der Waals surface area contributed by atoms with Crippen LogP contribution in [0.2, 0.25) is 0 Å². The normalized spacial score (nSPS) is 24.0. The largest absolute Gasteiger partial charge is 0.444 e. The van der Waals surface area contributed by atoms with Gasteiger partial charge in [-0.25, -0.2) is 4.79 Å². The zero-order valence-electron chi connectivity index (χ0n) is 13.3. The summed E-state index contributed by atoms with van der Waals surface area (Å²) in [6.45, 7) is 8.14. The van der Waals surface area contributed by atoms with Crippen LogP contribution in [-0.4, -0.2) is 53.4 Å². The Labute approximate surface area is 130 Å². The summed E-state index contributed by atoms with van der Waals surface area (Å²) in [5.74, 6) is 0. The van der Waals surface area contributed by atoms with Crippen molar-refractivity contribution in [2.24, 2.45) is 0 Å². The van der Waals surface area contributed by atoms with Crippen LogP contribution >= 0.6 is 0 Å². The number of nitrogens with zero attached hydrogens (tertiary/aromatic N) is 2. The SMILES string of the molecule is CC(C)(C)OC(=O)N1CC2(C1)OCCNC2c1cccnc1. The molecule has 1 atom stereocenters.